The fourth-order valence-corrected chi connectivity index (χ4v) is 4.47. The highest BCUT2D eigenvalue weighted by molar-refractivity contribution is 9.10. The number of aliphatic hydroxyl groups is 1. The van der Waals surface area contributed by atoms with Crippen molar-refractivity contribution in [2.45, 2.75) is 44.6 Å². The van der Waals surface area contributed by atoms with E-state index in [1.165, 1.54) is 10.6 Å². The highest BCUT2D eigenvalue weighted by Gasteiger charge is 2.48. The molecule has 0 saturated heterocycles. The topological polar surface area (TPSA) is 94.8 Å². The predicted octanol–water partition coefficient (Wildman–Crippen LogP) is 2.77. The van der Waals surface area contributed by atoms with Crippen LogP contribution in [0.3, 0.4) is 0 Å². The Balaban J connectivity index is 2.26. The Morgan fingerprint density at radius 3 is 2.54 bits per heavy atom. The van der Waals surface area contributed by atoms with Gasteiger partial charge in [-0.3, -0.25) is 8.98 Å². The minimum atomic E-state index is -3.83. The van der Waals surface area contributed by atoms with Crippen LogP contribution in [0.25, 0.3) is 0 Å². The molecule has 0 saturated carbocycles. The molecule has 1 aliphatic heterocycles. The molecule has 1 aliphatic rings. The standard InChI is InChI=1S/C19H22BrNO6S/c1-11(22)12-7-8-21(16(23)9-12)17-14-10-13(20)5-6-15(14)26-19(2,3)18(17)27-28(4,24)25/h5-11,17-18,22H,1-4H3/t11?,17-,18+/m1/s1. The average molecular weight is 472 g/mol. The first-order chi connectivity index (χ1) is 12.9. The lowest BCUT2D eigenvalue weighted by atomic mass is 9.86. The highest BCUT2D eigenvalue weighted by Crippen LogP contribution is 2.44. The van der Waals surface area contributed by atoms with Gasteiger partial charge in [-0.15, -0.1) is 0 Å². The summed E-state index contributed by atoms with van der Waals surface area (Å²) in [5.74, 6) is 0.540. The molecule has 3 rings (SSSR count). The molecule has 1 aromatic heterocycles. The van der Waals surface area contributed by atoms with Crippen LogP contribution in [0.1, 0.15) is 44.0 Å². The zero-order chi connectivity index (χ0) is 20.9. The maximum absolute atomic E-state index is 12.9. The van der Waals surface area contributed by atoms with Crippen LogP contribution in [-0.4, -0.2) is 36.1 Å². The SMILES string of the molecule is CC(O)c1ccn([C@@H]2c3cc(Br)ccc3OC(C)(C)[C@H]2OS(C)(=O)=O)c(=O)c1. The summed E-state index contributed by atoms with van der Waals surface area (Å²) < 4.78 is 37.5. The normalized spacial score (nSPS) is 22.2. The number of pyridine rings is 1. The molecule has 2 aromatic rings. The Morgan fingerprint density at radius 1 is 1.29 bits per heavy atom. The van der Waals surface area contributed by atoms with Gasteiger partial charge in [0.1, 0.15) is 17.5 Å². The number of aromatic nitrogens is 1. The van der Waals surface area contributed by atoms with Gasteiger partial charge in [0.2, 0.25) is 0 Å². The van der Waals surface area contributed by atoms with Gasteiger partial charge in [0.15, 0.2) is 0 Å². The van der Waals surface area contributed by atoms with Crippen molar-refractivity contribution in [3.63, 3.8) is 0 Å². The van der Waals surface area contributed by atoms with Crippen molar-refractivity contribution >= 4 is 26.0 Å². The van der Waals surface area contributed by atoms with Crippen LogP contribution in [0.2, 0.25) is 0 Å². The molecule has 7 nitrogen and oxygen atoms in total. The van der Waals surface area contributed by atoms with Gasteiger partial charge >= 0.3 is 0 Å². The Labute approximate surface area is 172 Å². The van der Waals surface area contributed by atoms with Gasteiger partial charge in [0, 0.05) is 22.3 Å². The third-order valence-corrected chi connectivity index (χ3v) is 5.72. The lowest BCUT2D eigenvalue weighted by Gasteiger charge is -2.44. The van der Waals surface area contributed by atoms with Crippen molar-refractivity contribution in [1.29, 1.82) is 0 Å². The Hall–Kier alpha value is -1.68. The second-order valence-electron chi connectivity index (χ2n) is 7.44. The first-order valence-corrected chi connectivity index (χ1v) is 11.3. The molecule has 1 N–H and O–H groups in total. The van der Waals surface area contributed by atoms with E-state index in [0.29, 0.717) is 16.9 Å². The van der Waals surface area contributed by atoms with E-state index in [9.17, 15) is 18.3 Å². The van der Waals surface area contributed by atoms with Crippen LogP contribution in [0.15, 0.2) is 45.8 Å². The van der Waals surface area contributed by atoms with Crippen molar-refractivity contribution in [1.82, 2.24) is 4.57 Å². The maximum atomic E-state index is 12.9. The molecule has 0 radical (unpaired) electrons. The van der Waals surface area contributed by atoms with Crippen LogP contribution in [0.4, 0.5) is 0 Å². The number of rotatable bonds is 4. The zero-order valence-corrected chi connectivity index (χ0v) is 18.3. The Bertz CT molecular complexity index is 1060. The van der Waals surface area contributed by atoms with E-state index in [4.69, 9.17) is 8.92 Å². The molecule has 0 fully saturated rings. The zero-order valence-electron chi connectivity index (χ0n) is 15.9. The Morgan fingerprint density at radius 2 is 1.96 bits per heavy atom. The first kappa shape index (κ1) is 21.0. The van der Waals surface area contributed by atoms with Crippen molar-refractivity contribution in [3.8, 4) is 5.75 Å². The quantitative estimate of drug-likeness (QED) is 0.688. The van der Waals surface area contributed by atoms with E-state index in [2.05, 4.69) is 15.9 Å². The number of ether oxygens (including phenoxy) is 1. The maximum Gasteiger partial charge on any atom is 0.264 e. The van der Waals surface area contributed by atoms with E-state index in [1.54, 1.807) is 45.2 Å². The summed E-state index contributed by atoms with van der Waals surface area (Å²) in [7, 11) is -3.83. The number of nitrogens with zero attached hydrogens (tertiary/aromatic N) is 1. The Kier molecular flexibility index (Phi) is 5.48. The molecule has 152 valence electrons. The smallest absolute Gasteiger partial charge is 0.264 e. The van der Waals surface area contributed by atoms with Gasteiger partial charge in [-0.25, -0.2) is 0 Å². The summed E-state index contributed by atoms with van der Waals surface area (Å²) in [4.78, 5) is 12.9. The predicted molar refractivity (Wildman–Crippen MR) is 108 cm³/mol. The summed E-state index contributed by atoms with van der Waals surface area (Å²) in [6.07, 6.45) is 0.729. The number of halogens is 1. The van der Waals surface area contributed by atoms with Crippen LogP contribution < -0.4 is 10.3 Å². The fraction of sp³-hybridized carbons (Fsp3) is 0.421. The molecule has 0 aliphatic carbocycles. The largest absolute Gasteiger partial charge is 0.485 e. The fourth-order valence-electron chi connectivity index (χ4n) is 3.38. The molecule has 1 unspecified atom stereocenters. The summed E-state index contributed by atoms with van der Waals surface area (Å²) in [6.45, 7) is 5.00. The van der Waals surface area contributed by atoms with Crippen LogP contribution in [-0.2, 0) is 14.3 Å². The van der Waals surface area contributed by atoms with Gasteiger partial charge in [0.05, 0.1) is 18.4 Å². The lowest BCUT2D eigenvalue weighted by molar-refractivity contribution is -0.0463. The highest BCUT2D eigenvalue weighted by atomic mass is 79.9. The second kappa shape index (κ2) is 7.29. The number of benzene rings is 1. The molecule has 9 heteroatoms. The molecular weight excluding hydrogens is 450 g/mol. The van der Waals surface area contributed by atoms with E-state index >= 15 is 0 Å². The lowest BCUT2D eigenvalue weighted by Crippen LogP contribution is -2.54. The van der Waals surface area contributed by atoms with Gasteiger partial charge < -0.3 is 14.4 Å². The molecule has 28 heavy (non-hydrogen) atoms. The minimum absolute atomic E-state index is 0.380. The number of fused-ring (bicyclic) bond motifs is 1. The van der Waals surface area contributed by atoms with Gasteiger partial charge in [-0.2, -0.15) is 8.42 Å². The van der Waals surface area contributed by atoms with E-state index < -0.39 is 34.0 Å². The molecule has 2 heterocycles. The van der Waals surface area contributed by atoms with E-state index in [1.807, 2.05) is 6.07 Å². The van der Waals surface area contributed by atoms with Crippen LogP contribution in [0.5, 0.6) is 5.75 Å². The average Bonchev–Trinajstić information content (AvgIpc) is 2.55. The van der Waals surface area contributed by atoms with Gasteiger partial charge in [-0.1, -0.05) is 15.9 Å². The summed E-state index contributed by atoms with van der Waals surface area (Å²) in [6, 6.07) is 7.57. The number of hydrogen-bond acceptors (Lipinski definition) is 6. The minimum Gasteiger partial charge on any atom is -0.485 e. The second-order valence-corrected chi connectivity index (χ2v) is 9.95. The molecule has 1 aromatic carbocycles. The summed E-state index contributed by atoms with van der Waals surface area (Å²) in [5.41, 5.74) is -0.317. The van der Waals surface area contributed by atoms with E-state index in [0.717, 1.165) is 10.7 Å². The third kappa shape index (κ3) is 4.17. The van der Waals surface area contributed by atoms with Gasteiger partial charge in [-0.05, 0) is 50.6 Å². The van der Waals surface area contributed by atoms with Crippen molar-refractivity contribution in [2.75, 3.05) is 6.26 Å². The van der Waals surface area contributed by atoms with Crippen molar-refractivity contribution < 1.29 is 22.4 Å². The number of aliphatic hydroxyl groups excluding tert-OH is 1. The molecule has 3 atom stereocenters. The monoisotopic (exact) mass is 471 g/mol. The third-order valence-electron chi connectivity index (χ3n) is 4.67. The summed E-state index contributed by atoms with van der Waals surface area (Å²) >= 11 is 3.41. The van der Waals surface area contributed by atoms with Crippen molar-refractivity contribution in [3.05, 3.63) is 62.5 Å². The van der Waals surface area contributed by atoms with Crippen molar-refractivity contribution in [2.24, 2.45) is 0 Å². The molecule has 0 amide bonds. The van der Waals surface area contributed by atoms with Crippen LogP contribution in [0, 0.1) is 0 Å². The summed E-state index contributed by atoms with van der Waals surface area (Å²) in [5, 5.41) is 9.75. The molecular formula is C19H22BrNO6S. The first-order valence-electron chi connectivity index (χ1n) is 8.66. The molecule has 0 spiro atoms. The molecule has 0 bridgehead atoms. The number of hydrogen-bond donors (Lipinski definition) is 1. The van der Waals surface area contributed by atoms with Gasteiger partial charge in [0.25, 0.3) is 15.7 Å². The van der Waals surface area contributed by atoms with E-state index in [-0.39, 0.29) is 5.56 Å². The van der Waals surface area contributed by atoms with Crippen LogP contribution >= 0.6 is 15.9 Å².